The predicted molar refractivity (Wildman–Crippen MR) is 106 cm³/mol. The zero-order valence-corrected chi connectivity index (χ0v) is 16.0. The Labute approximate surface area is 161 Å². The molecule has 6 nitrogen and oxygen atoms in total. The van der Waals surface area contributed by atoms with E-state index in [1.54, 1.807) is 17.1 Å². The Morgan fingerprint density at radius 2 is 1.96 bits per heavy atom. The van der Waals surface area contributed by atoms with Crippen LogP contribution in [0.15, 0.2) is 49.6 Å². The van der Waals surface area contributed by atoms with Crippen LogP contribution in [0.3, 0.4) is 0 Å². The van der Waals surface area contributed by atoms with Crippen molar-refractivity contribution >= 4 is 11.8 Å². The van der Waals surface area contributed by atoms with Crippen LogP contribution in [0.1, 0.15) is 18.9 Å². The van der Waals surface area contributed by atoms with Crippen LogP contribution in [0.4, 0.5) is 0 Å². The summed E-state index contributed by atoms with van der Waals surface area (Å²) in [6.45, 7) is 12.7. The summed E-state index contributed by atoms with van der Waals surface area (Å²) in [7, 11) is 0. The fourth-order valence-electron chi connectivity index (χ4n) is 3.15. The number of hydrogen-bond acceptors (Lipinski definition) is 4. The van der Waals surface area contributed by atoms with Crippen LogP contribution >= 0.6 is 0 Å². The monoisotopic (exact) mass is 371 g/mol. The standard InChI is InChI=1S/C21H29N3O3/c1-4-12-23(13-5-2)20(25)15-19-21(26)22-11-14-24(19)16-17-7-9-18(10-8-17)27-6-3/h4-5,7-10,19H,1-2,6,11-16H2,3H3,(H,22,26)/t19-/m1/s1. The van der Waals surface area contributed by atoms with Crippen molar-refractivity contribution in [3.63, 3.8) is 0 Å². The van der Waals surface area contributed by atoms with E-state index in [-0.39, 0.29) is 18.2 Å². The van der Waals surface area contributed by atoms with Gasteiger partial charge in [0.25, 0.3) is 0 Å². The number of ether oxygens (including phenoxy) is 1. The van der Waals surface area contributed by atoms with E-state index in [2.05, 4.69) is 23.4 Å². The molecule has 0 bridgehead atoms. The SMILES string of the molecule is C=CCN(CC=C)C(=O)C[C@@H]1C(=O)NCCN1Cc1ccc(OCC)cc1. The summed E-state index contributed by atoms with van der Waals surface area (Å²) in [5.41, 5.74) is 1.08. The lowest BCUT2D eigenvalue weighted by Crippen LogP contribution is -2.56. The molecular formula is C21H29N3O3. The minimum atomic E-state index is -0.477. The molecule has 1 atom stereocenters. The fraction of sp³-hybridized carbons (Fsp3) is 0.429. The Morgan fingerprint density at radius 1 is 1.30 bits per heavy atom. The minimum absolute atomic E-state index is 0.0754. The summed E-state index contributed by atoms with van der Waals surface area (Å²) in [5.74, 6) is 0.653. The number of amides is 2. The molecule has 2 rings (SSSR count). The van der Waals surface area contributed by atoms with Gasteiger partial charge in [-0.3, -0.25) is 14.5 Å². The predicted octanol–water partition coefficient (Wildman–Crippen LogP) is 1.98. The van der Waals surface area contributed by atoms with E-state index >= 15 is 0 Å². The van der Waals surface area contributed by atoms with Crippen LogP contribution in [0.5, 0.6) is 5.75 Å². The maximum Gasteiger partial charge on any atom is 0.237 e. The maximum atomic E-state index is 12.7. The molecule has 1 aliphatic heterocycles. The van der Waals surface area contributed by atoms with Gasteiger partial charge in [-0.05, 0) is 24.6 Å². The minimum Gasteiger partial charge on any atom is -0.494 e. The molecule has 1 fully saturated rings. The molecule has 0 saturated carbocycles. The van der Waals surface area contributed by atoms with Crippen molar-refractivity contribution in [1.29, 1.82) is 0 Å². The third-order valence-corrected chi connectivity index (χ3v) is 4.48. The van der Waals surface area contributed by atoms with E-state index in [4.69, 9.17) is 4.74 Å². The molecule has 0 aliphatic carbocycles. The molecule has 2 amide bonds. The third kappa shape index (κ3) is 5.96. The van der Waals surface area contributed by atoms with Gasteiger partial charge in [0.1, 0.15) is 5.75 Å². The molecule has 0 aromatic heterocycles. The van der Waals surface area contributed by atoms with E-state index in [0.29, 0.717) is 39.3 Å². The quantitative estimate of drug-likeness (QED) is 0.639. The first kappa shape index (κ1) is 20.7. The Hall–Kier alpha value is -2.60. The number of rotatable bonds is 10. The van der Waals surface area contributed by atoms with Crippen LogP contribution in [-0.2, 0) is 16.1 Å². The van der Waals surface area contributed by atoms with Gasteiger partial charge in [-0.25, -0.2) is 0 Å². The van der Waals surface area contributed by atoms with Gasteiger partial charge in [-0.2, -0.15) is 0 Å². The van der Waals surface area contributed by atoms with Gasteiger partial charge in [0.2, 0.25) is 11.8 Å². The first-order chi connectivity index (χ1) is 13.1. The van der Waals surface area contributed by atoms with Crippen LogP contribution in [-0.4, -0.2) is 60.4 Å². The van der Waals surface area contributed by atoms with E-state index in [1.807, 2.05) is 31.2 Å². The molecule has 1 N–H and O–H groups in total. The zero-order chi connectivity index (χ0) is 19.6. The Balaban J connectivity index is 2.07. The van der Waals surface area contributed by atoms with Crippen molar-refractivity contribution < 1.29 is 14.3 Å². The summed E-state index contributed by atoms with van der Waals surface area (Å²) in [6, 6.07) is 7.38. The second kappa shape index (κ2) is 10.5. The molecule has 27 heavy (non-hydrogen) atoms. The lowest BCUT2D eigenvalue weighted by molar-refractivity contribution is -0.138. The molecular weight excluding hydrogens is 342 g/mol. The number of nitrogens with one attached hydrogen (secondary N) is 1. The number of piperazine rings is 1. The molecule has 1 aromatic rings. The van der Waals surface area contributed by atoms with E-state index in [1.165, 1.54) is 0 Å². The van der Waals surface area contributed by atoms with Gasteiger partial charge >= 0.3 is 0 Å². The van der Waals surface area contributed by atoms with Gasteiger partial charge in [0, 0.05) is 32.7 Å². The number of carbonyl (C=O) groups excluding carboxylic acids is 2. The summed E-state index contributed by atoms with van der Waals surface area (Å²) >= 11 is 0. The topological polar surface area (TPSA) is 61.9 Å². The Kier molecular flexibility index (Phi) is 8.07. The third-order valence-electron chi connectivity index (χ3n) is 4.48. The maximum absolute atomic E-state index is 12.7. The summed E-state index contributed by atoms with van der Waals surface area (Å²) < 4.78 is 5.47. The van der Waals surface area contributed by atoms with Crippen LogP contribution in [0, 0.1) is 0 Å². The normalized spacial score (nSPS) is 17.1. The lowest BCUT2D eigenvalue weighted by Gasteiger charge is -2.35. The van der Waals surface area contributed by atoms with Gasteiger partial charge in [-0.1, -0.05) is 24.3 Å². The Morgan fingerprint density at radius 3 is 2.56 bits per heavy atom. The van der Waals surface area contributed by atoms with Crippen molar-refractivity contribution in [1.82, 2.24) is 15.1 Å². The van der Waals surface area contributed by atoms with Crippen LogP contribution in [0.25, 0.3) is 0 Å². The van der Waals surface area contributed by atoms with E-state index in [0.717, 1.165) is 11.3 Å². The highest BCUT2D eigenvalue weighted by molar-refractivity contribution is 5.89. The fourth-order valence-corrected chi connectivity index (χ4v) is 3.15. The highest BCUT2D eigenvalue weighted by Gasteiger charge is 2.32. The summed E-state index contributed by atoms with van der Waals surface area (Å²) in [4.78, 5) is 28.8. The number of carbonyl (C=O) groups is 2. The average Bonchev–Trinajstić information content (AvgIpc) is 2.66. The zero-order valence-electron chi connectivity index (χ0n) is 16.0. The van der Waals surface area contributed by atoms with Crippen molar-refractivity contribution in [2.75, 3.05) is 32.8 Å². The molecule has 0 spiro atoms. The molecule has 0 radical (unpaired) electrons. The van der Waals surface area contributed by atoms with E-state index < -0.39 is 6.04 Å². The highest BCUT2D eigenvalue weighted by Crippen LogP contribution is 2.18. The van der Waals surface area contributed by atoms with Gasteiger partial charge < -0.3 is 15.0 Å². The van der Waals surface area contributed by atoms with Gasteiger partial charge in [0.05, 0.1) is 19.1 Å². The molecule has 6 heteroatoms. The lowest BCUT2D eigenvalue weighted by atomic mass is 10.1. The molecule has 1 heterocycles. The van der Waals surface area contributed by atoms with Gasteiger partial charge in [0.15, 0.2) is 0 Å². The molecule has 1 aliphatic rings. The molecule has 0 unspecified atom stereocenters. The van der Waals surface area contributed by atoms with Crippen molar-refractivity contribution in [2.24, 2.45) is 0 Å². The highest BCUT2D eigenvalue weighted by atomic mass is 16.5. The number of nitrogens with zero attached hydrogens (tertiary/aromatic N) is 2. The summed E-state index contributed by atoms with van der Waals surface area (Å²) in [5, 5.41) is 2.87. The average molecular weight is 371 g/mol. The largest absolute Gasteiger partial charge is 0.494 e. The molecule has 1 aromatic carbocycles. The second-order valence-corrected chi connectivity index (χ2v) is 6.43. The Bertz CT molecular complexity index is 647. The first-order valence-corrected chi connectivity index (χ1v) is 9.32. The van der Waals surface area contributed by atoms with Crippen molar-refractivity contribution in [3.05, 3.63) is 55.1 Å². The van der Waals surface area contributed by atoms with Gasteiger partial charge in [-0.15, -0.1) is 13.2 Å². The van der Waals surface area contributed by atoms with Crippen molar-refractivity contribution in [3.8, 4) is 5.75 Å². The molecule has 146 valence electrons. The van der Waals surface area contributed by atoms with Crippen molar-refractivity contribution in [2.45, 2.75) is 25.9 Å². The molecule has 1 saturated heterocycles. The smallest absolute Gasteiger partial charge is 0.237 e. The second-order valence-electron chi connectivity index (χ2n) is 6.43. The number of benzene rings is 1. The summed E-state index contributed by atoms with van der Waals surface area (Å²) in [6.07, 6.45) is 3.50. The number of hydrogen-bond donors (Lipinski definition) is 1. The van der Waals surface area contributed by atoms with Crippen LogP contribution < -0.4 is 10.1 Å². The first-order valence-electron chi connectivity index (χ1n) is 9.32. The van der Waals surface area contributed by atoms with Crippen LogP contribution in [0.2, 0.25) is 0 Å². The van der Waals surface area contributed by atoms with E-state index in [9.17, 15) is 9.59 Å².